The lowest BCUT2D eigenvalue weighted by Crippen LogP contribution is -2.34. The first kappa shape index (κ1) is 23.7. The molecular weight excluding hydrogens is 495 g/mol. The molecule has 12 heteroatoms. The highest BCUT2D eigenvalue weighted by Crippen LogP contribution is 2.39. The van der Waals surface area contributed by atoms with Gasteiger partial charge in [-0.25, -0.2) is 9.37 Å². The van der Waals surface area contributed by atoms with Gasteiger partial charge in [0.2, 0.25) is 0 Å². The van der Waals surface area contributed by atoms with Crippen molar-refractivity contribution in [1.29, 1.82) is 0 Å². The van der Waals surface area contributed by atoms with Gasteiger partial charge < -0.3 is 39.1 Å². The number of hydrogen-bond donors (Lipinski definition) is 3. The number of aryl methyl sites for hydroxylation is 1. The number of aliphatic hydroxyl groups excluding tert-OH is 1. The predicted molar refractivity (Wildman–Crippen MR) is 127 cm³/mol. The molecule has 10 nitrogen and oxygen atoms in total. The van der Waals surface area contributed by atoms with Crippen LogP contribution in [0.15, 0.2) is 18.2 Å². The quantitative estimate of drug-likeness (QED) is 0.385. The number of nitrogens with one attached hydrogen (secondary N) is 2. The second-order valence-electron chi connectivity index (χ2n) is 9.11. The maximum Gasteiger partial charge on any atom is 0.296 e. The highest BCUT2D eigenvalue weighted by Gasteiger charge is 2.48. The van der Waals surface area contributed by atoms with Crippen LogP contribution in [0.5, 0.6) is 11.8 Å². The number of aliphatic hydroxyl groups is 1. The number of imidazole rings is 1. The average molecular weight is 521 g/mol. The maximum absolute atomic E-state index is 15.0. The molecule has 192 valence electrons. The second-order valence-corrected chi connectivity index (χ2v) is 9.51. The smallest absolute Gasteiger partial charge is 0.296 e. The van der Waals surface area contributed by atoms with Gasteiger partial charge in [-0.05, 0) is 30.5 Å². The predicted octanol–water partition coefficient (Wildman–Crippen LogP) is 2.78. The van der Waals surface area contributed by atoms with Crippen molar-refractivity contribution in [3.05, 3.63) is 40.2 Å². The SMILES string of the molecule is COCCOc1cc(F)c2c(c1)CCC2Nc1nc2nc(OC3CO[C@@H]4[C@H](O)CO[C@H]34)[nH]c2cc1Cl. The number of methoxy groups -OCH3 is 1. The standard InChI is InChI=1S/C24H26ClFN4O6/c1-32-4-5-33-12-6-11-2-3-15(19(11)14(26)7-12)27-22-13(25)8-16-23(29-22)30-24(28-16)36-18-10-35-20-17(31)9-34-21(18)20/h6-8,15,17-18,20-21,31H,2-5,9-10H2,1H3,(H2,27,28,29,30)/t15?,17-,18?,20-,21-/m1/s1. The summed E-state index contributed by atoms with van der Waals surface area (Å²) in [6.45, 7) is 1.29. The third kappa shape index (κ3) is 4.35. The fraction of sp³-hybridized carbons (Fsp3) is 0.500. The summed E-state index contributed by atoms with van der Waals surface area (Å²) in [7, 11) is 1.59. The Morgan fingerprint density at radius 2 is 2.06 bits per heavy atom. The molecule has 2 fully saturated rings. The van der Waals surface area contributed by atoms with Crippen LogP contribution in [-0.2, 0) is 20.6 Å². The van der Waals surface area contributed by atoms with Crippen molar-refractivity contribution in [2.45, 2.75) is 43.3 Å². The van der Waals surface area contributed by atoms with E-state index < -0.39 is 18.3 Å². The molecule has 2 aliphatic heterocycles. The van der Waals surface area contributed by atoms with Gasteiger partial charge in [-0.2, -0.15) is 4.98 Å². The number of benzene rings is 1. The van der Waals surface area contributed by atoms with E-state index in [0.29, 0.717) is 59.4 Å². The normalized spacial score (nSPS) is 26.8. The highest BCUT2D eigenvalue weighted by atomic mass is 35.5. The first-order chi connectivity index (χ1) is 17.5. The molecule has 0 amide bonds. The highest BCUT2D eigenvalue weighted by molar-refractivity contribution is 6.33. The number of hydrogen-bond acceptors (Lipinski definition) is 9. The molecule has 4 heterocycles. The molecule has 0 spiro atoms. The van der Waals surface area contributed by atoms with Crippen molar-refractivity contribution >= 4 is 28.6 Å². The van der Waals surface area contributed by atoms with Crippen molar-refractivity contribution in [3.8, 4) is 11.8 Å². The Kier molecular flexibility index (Phi) is 6.34. The number of aromatic amines is 1. The Hall–Kier alpha value is -2.70. The first-order valence-electron chi connectivity index (χ1n) is 11.8. The van der Waals surface area contributed by atoms with Gasteiger partial charge in [-0.1, -0.05) is 11.6 Å². The number of aromatic nitrogens is 3. The van der Waals surface area contributed by atoms with Crippen LogP contribution in [0.1, 0.15) is 23.6 Å². The molecule has 2 aromatic heterocycles. The summed E-state index contributed by atoms with van der Waals surface area (Å²) in [4.78, 5) is 12.0. The van der Waals surface area contributed by atoms with Gasteiger partial charge in [0.15, 0.2) is 11.8 Å². The van der Waals surface area contributed by atoms with Crippen LogP contribution in [0.3, 0.4) is 0 Å². The monoisotopic (exact) mass is 520 g/mol. The van der Waals surface area contributed by atoms with E-state index in [9.17, 15) is 5.11 Å². The fourth-order valence-electron chi connectivity index (χ4n) is 5.07. The fourth-order valence-corrected chi connectivity index (χ4v) is 5.27. The second kappa shape index (κ2) is 9.64. The number of rotatable bonds is 8. The zero-order valence-electron chi connectivity index (χ0n) is 19.5. The first-order valence-corrected chi connectivity index (χ1v) is 12.2. The van der Waals surface area contributed by atoms with E-state index >= 15 is 4.39 Å². The number of pyridine rings is 1. The van der Waals surface area contributed by atoms with Crippen molar-refractivity contribution in [2.24, 2.45) is 0 Å². The Labute approximate surface area is 211 Å². The Morgan fingerprint density at radius 3 is 2.92 bits per heavy atom. The van der Waals surface area contributed by atoms with Crippen LogP contribution in [0.2, 0.25) is 5.02 Å². The summed E-state index contributed by atoms with van der Waals surface area (Å²) < 4.78 is 42.7. The average Bonchev–Trinajstić information content (AvgIpc) is 3.61. The summed E-state index contributed by atoms with van der Waals surface area (Å²) in [5.41, 5.74) is 2.48. The van der Waals surface area contributed by atoms with Crippen LogP contribution in [0.25, 0.3) is 11.2 Å². The summed E-state index contributed by atoms with van der Waals surface area (Å²) in [6, 6.07) is 4.94. The van der Waals surface area contributed by atoms with E-state index in [1.165, 1.54) is 6.07 Å². The number of H-pyrrole nitrogens is 1. The summed E-state index contributed by atoms with van der Waals surface area (Å²) >= 11 is 6.51. The Bertz CT molecular complexity index is 1280. The maximum atomic E-state index is 15.0. The van der Waals surface area contributed by atoms with Gasteiger partial charge in [-0.15, -0.1) is 0 Å². The minimum Gasteiger partial charge on any atom is -0.491 e. The van der Waals surface area contributed by atoms with Crippen LogP contribution in [0, 0.1) is 5.82 Å². The van der Waals surface area contributed by atoms with Crippen molar-refractivity contribution < 1.29 is 33.2 Å². The van der Waals surface area contributed by atoms with Crippen molar-refractivity contribution in [1.82, 2.24) is 15.0 Å². The minimum atomic E-state index is -0.659. The summed E-state index contributed by atoms with van der Waals surface area (Å²) in [6.07, 6.45) is -0.422. The number of halogens is 2. The molecule has 36 heavy (non-hydrogen) atoms. The van der Waals surface area contributed by atoms with E-state index in [2.05, 4.69) is 20.3 Å². The zero-order chi connectivity index (χ0) is 24.8. The number of ether oxygens (including phenoxy) is 5. The zero-order valence-corrected chi connectivity index (χ0v) is 20.3. The van der Waals surface area contributed by atoms with E-state index in [0.717, 1.165) is 5.56 Å². The molecule has 2 unspecified atom stereocenters. The molecule has 1 aromatic carbocycles. The van der Waals surface area contributed by atoms with Crippen molar-refractivity contribution in [2.75, 3.05) is 38.9 Å². The van der Waals surface area contributed by atoms with E-state index in [4.69, 9.17) is 35.3 Å². The molecule has 2 saturated heterocycles. The van der Waals surface area contributed by atoms with Gasteiger partial charge in [0.05, 0.1) is 36.4 Å². The van der Waals surface area contributed by atoms with Gasteiger partial charge in [0.1, 0.15) is 42.3 Å². The minimum absolute atomic E-state index is 0.217. The molecule has 3 aliphatic rings. The third-order valence-corrected chi connectivity index (χ3v) is 7.04. The molecule has 0 radical (unpaired) electrons. The number of anilines is 1. The lowest BCUT2D eigenvalue weighted by Gasteiger charge is -2.17. The topological polar surface area (TPSA) is 120 Å². The lowest BCUT2D eigenvalue weighted by molar-refractivity contribution is 0.00706. The van der Waals surface area contributed by atoms with Crippen LogP contribution in [-0.4, -0.2) is 78.0 Å². The number of nitrogens with zero attached hydrogens (tertiary/aromatic N) is 2. The Morgan fingerprint density at radius 1 is 1.19 bits per heavy atom. The van der Waals surface area contributed by atoms with Crippen LogP contribution >= 0.6 is 11.6 Å². The van der Waals surface area contributed by atoms with Crippen LogP contribution in [0.4, 0.5) is 10.2 Å². The van der Waals surface area contributed by atoms with E-state index in [1.54, 1.807) is 13.2 Å². The largest absolute Gasteiger partial charge is 0.491 e. The Balaban J connectivity index is 1.18. The van der Waals surface area contributed by atoms with Crippen LogP contribution < -0.4 is 14.8 Å². The van der Waals surface area contributed by atoms with Gasteiger partial charge in [0, 0.05) is 18.7 Å². The van der Waals surface area contributed by atoms with Crippen molar-refractivity contribution in [3.63, 3.8) is 0 Å². The van der Waals surface area contributed by atoms with E-state index in [1.807, 2.05) is 6.07 Å². The molecule has 5 atom stereocenters. The summed E-state index contributed by atoms with van der Waals surface area (Å²) in [5.74, 6) is 0.562. The molecule has 0 saturated carbocycles. The molecule has 6 rings (SSSR count). The molecule has 3 N–H and O–H groups in total. The molecular formula is C24H26ClFN4O6. The van der Waals surface area contributed by atoms with E-state index in [-0.39, 0.29) is 37.2 Å². The number of fused-ring (bicyclic) bond motifs is 3. The van der Waals surface area contributed by atoms with Gasteiger partial charge in [0.25, 0.3) is 6.01 Å². The molecule has 1 aliphatic carbocycles. The van der Waals surface area contributed by atoms with Gasteiger partial charge in [-0.3, -0.25) is 0 Å². The molecule has 0 bridgehead atoms. The van der Waals surface area contributed by atoms with Gasteiger partial charge >= 0.3 is 0 Å². The third-order valence-electron chi connectivity index (χ3n) is 6.76. The lowest BCUT2D eigenvalue weighted by atomic mass is 10.1. The summed E-state index contributed by atoms with van der Waals surface area (Å²) in [5, 5.41) is 13.6. The molecule has 3 aromatic rings.